The molecule has 1 saturated carbocycles. The Morgan fingerprint density at radius 1 is 1.37 bits per heavy atom. The summed E-state index contributed by atoms with van der Waals surface area (Å²) in [6.07, 6.45) is 1.11. The molecule has 1 aliphatic carbocycles. The second-order valence-electron chi connectivity index (χ2n) is 5.87. The van der Waals surface area contributed by atoms with Crippen LogP contribution in [0.5, 0.6) is 0 Å². The molecule has 0 bridgehead atoms. The third kappa shape index (κ3) is 2.51. The van der Waals surface area contributed by atoms with Gasteiger partial charge in [-0.25, -0.2) is 8.78 Å². The number of rotatable bonds is 4. The lowest BCUT2D eigenvalue weighted by molar-refractivity contribution is -0.1000. The Morgan fingerprint density at radius 3 is 2.63 bits per heavy atom. The summed E-state index contributed by atoms with van der Waals surface area (Å²) in [6.45, 7) is 6.10. The average molecular weight is 269 g/mol. The number of hydrogen-bond donors (Lipinski definition) is 1. The SMILES string of the molecule is COC1CC(NC(C)c2cccc(F)c2F)C1(C)C. The first kappa shape index (κ1) is 14.4. The van der Waals surface area contributed by atoms with Gasteiger partial charge in [-0.1, -0.05) is 26.0 Å². The molecule has 106 valence electrons. The van der Waals surface area contributed by atoms with Crippen molar-refractivity contribution in [3.63, 3.8) is 0 Å². The van der Waals surface area contributed by atoms with Crippen LogP contribution in [0.2, 0.25) is 0 Å². The van der Waals surface area contributed by atoms with Crippen molar-refractivity contribution in [2.45, 2.75) is 45.4 Å². The highest BCUT2D eigenvalue weighted by molar-refractivity contribution is 5.22. The maximum absolute atomic E-state index is 13.7. The van der Waals surface area contributed by atoms with E-state index in [9.17, 15) is 8.78 Å². The van der Waals surface area contributed by atoms with Crippen LogP contribution in [0.25, 0.3) is 0 Å². The van der Waals surface area contributed by atoms with Gasteiger partial charge in [-0.05, 0) is 19.4 Å². The van der Waals surface area contributed by atoms with Gasteiger partial charge in [0.15, 0.2) is 11.6 Å². The third-order valence-corrected chi connectivity index (χ3v) is 4.36. The van der Waals surface area contributed by atoms with Gasteiger partial charge in [-0.2, -0.15) is 0 Å². The first-order valence-electron chi connectivity index (χ1n) is 6.60. The molecular weight excluding hydrogens is 248 g/mol. The van der Waals surface area contributed by atoms with E-state index in [-0.39, 0.29) is 23.6 Å². The second-order valence-corrected chi connectivity index (χ2v) is 5.87. The van der Waals surface area contributed by atoms with Crippen LogP contribution >= 0.6 is 0 Å². The molecule has 0 heterocycles. The summed E-state index contributed by atoms with van der Waals surface area (Å²) in [5, 5.41) is 3.37. The van der Waals surface area contributed by atoms with E-state index in [1.54, 1.807) is 13.2 Å². The fourth-order valence-electron chi connectivity index (χ4n) is 2.81. The molecule has 1 aliphatic rings. The first-order chi connectivity index (χ1) is 8.87. The monoisotopic (exact) mass is 269 g/mol. The Labute approximate surface area is 113 Å². The molecule has 0 aromatic heterocycles. The van der Waals surface area contributed by atoms with Crippen LogP contribution in [-0.4, -0.2) is 19.3 Å². The fourth-order valence-corrected chi connectivity index (χ4v) is 2.81. The summed E-state index contributed by atoms with van der Waals surface area (Å²) in [5.41, 5.74) is 0.379. The molecule has 3 atom stereocenters. The largest absolute Gasteiger partial charge is 0.381 e. The van der Waals surface area contributed by atoms with E-state index in [4.69, 9.17) is 4.74 Å². The van der Waals surface area contributed by atoms with Gasteiger partial charge < -0.3 is 10.1 Å². The highest BCUT2D eigenvalue weighted by atomic mass is 19.2. The van der Waals surface area contributed by atoms with Gasteiger partial charge in [-0.3, -0.25) is 0 Å². The van der Waals surface area contributed by atoms with E-state index >= 15 is 0 Å². The van der Waals surface area contributed by atoms with Gasteiger partial charge in [0.1, 0.15) is 0 Å². The van der Waals surface area contributed by atoms with Crippen molar-refractivity contribution in [2.75, 3.05) is 7.11 Å². The van der Waals surface area contributed by atoms with Crippen LogP contribution in [0.15, 0.2) is 18.2 Å². The van der Waals surface area contributed by atoms with Gasteiger partial charge in [0.25, 0.3) is 0 Å². The zero-order chi connectivity index (χ0) is 14.2. The van der Waals surface area contributed by atoms with Crippen LogP contribution in [0.1, 0.15) is 38.8 Å². The molecule has 19 heavy (non-hydrogen) atoms. The van der Waals surface area contributed by atoms with Crippen molar-refractivity contribution in [2.24, 2.45) is 5.41 Å². The number of ether oxygens (including phenoxy) is 1. The molecule has 1 fully saturated rings. The van der Waals surface area contributed by atoms with Crippen molar-refractivity contribution in [1.29, 1.82) is 0 Å². The average Bonchev–Trinajstić information content (AvgIpc) is 2.37. The normalized spacial score (nSPS) is 26.8. The van der Waals surface area contributed by atoms with E-state index in [0.717, 1.165) is 12.5 Å². The van der Waals surface area contributed by atoms with Crippen molar-refractivity contribution in [3.8, 4) is 0 Å². The predicted molar refractivity (Wildman–Crippen MR) is 70.9 cm³/mol. The van der Waals surface area contributed by atoms with E-state index in [1.807, 2.05) is 6.92 Å². The van der Waals surface area contributed by atoms with Crippen molar-refractivity contribution >= 4 is 0 Å². The van der Waals surface area contributed by atoms with Crippen LogP contribution in [-0.2, 0) is 4.74 Å². The summed E-state index contributed by atoms with van der Waals surface area (Å²) >= 11 is 0. The summed E-state index contributed by atoms with van der Waals surface area (Å²) < 4.78 is 32.3. The van der Waals surface area contributed by atoms with Crippen molar-refractivity contribution in [1.82, 2.24) is 5.32 Å². The molecule has 2 rings (SSSR count). The first-order valence-corrected chi connectivity index (χ1v) is 6.60. The molecule has 0 aliphatic heterocycles. The van der Waals surface area contributed by atoms with E-state index in [1.165, 1.54) is 6.07 Å². The Hall–Kier alpha value is -1.00. The minimum absolute atomic E-state index is 0.00676. The lowest BCUT2D eigenvalue weighted by atomic mass is 9.64. The number of hydrogen-bond acceptors (Lipinski definition) is 2. The van der Waals surface area contributed by atoms with Gasteiger partial charge in [0.05, 0.1) is 6.10 Å². The Kier molecular flexibility index (Phi) is 3.92. The summed E-state index contributed by atoms with van der Waals surface area (Å²) in [4.78, 5) is 0. The quantitative estimate of drug-likeness (QED) is 0.904. The summed E-state index contributed by atoms with van der Waals surface area (Å²) in [7, 11) is 1.71. The Morgan fingerprint density at radius 2 is 2.05 bits per heavy atom. The van der Waals surface area contributed by atoms with Gasteiger partial charge in [0.2, 0.25) is 0 Å². The van der Waals surface area contributed by atoms with Crippen LogP contribution < -0.4 is 5.32 Å². The Bertz CT molecular complexity index is 461. The standard InChI is InChI=1S/C15H21F2NO/c1-9(10-6-5-7-11(16)14(10)17)18-12-8-13(19-4)15(12,2)3/h5-7,9,12-13,18H,8H2,1-4H3. The summed E-state index contributed by atoms with van der Waals surface area (Å²) in [5.74, 6) is -1.56. The van der Waals surface area contributed by atoms with Crippen LogP contribution in [0.4, 0.5) is 8.78 Å². The topological polar surface area (TPSA) is 21.3 Å². The maximum Gasteiger partial charge on any atom is 0.163 e. The van der Waals surface area contributed by atoms with E-state index in [0.29, 0.717) is 5.56 Å². The highest BCUT2D eigenvalue weighted by Crippen LogP contribution is 2.43. The molecule has 0 radical (unpaired) electrons. The number of methoxy groups -OCH3 is 1. The van der Waals surface area contributed by atoms with Gasteiger partial charge >= 0.3 is 0 Å². The number of nitrogens with one attached hydrogen (secondary N) is 1. The second kappa shape index (κ2) is 5.17. The molecule has 0 saturated heterocycles. The number of halogens is 2. The molecular formula is C15H21F2NO. The van der Waals surface area contributed by atoms with Crippen molar-refractivity contribution < 1.29 is 13.5 Å². The van der Waals surface area contributed by atoms with Gasteiger partial charge in [-0.15, -0.1) is 0 Å². The maximum atomic E-state index is 13.7. The van der Waals surface area contributed by atoms with Crippen LogP contribution in [0, 0.1) is 17.0 Å². The third-order valence-electron chi connectivity index (χ3n) is 4.36. The predicted octanol–water partition coefficient (Wildman–Crippen LogP) is 3.43. The Balaban J connectivity index is 2.07. The van der Waals surface area contributed by atoms with Crippen molar-refractivity contribution in [3.05, 3.63) is 35.4 Å². The fraction of sp³-hybridized carbons (Fsp3) is 0.600. The van der Waals surface area contributed by atoms with Crippen LogP contribution in [0.3, 0.4) is 0 Å². The molecule has 1 N–H and O–H groups in total. The molecule has 1 aromatic carbocycles. The summed E-state index contributed by atoms with van der Waals surface area (Å²) in [6, 6.07) is 4.32. The molecule has 0 spiro atoms. The lowest BCUT2D eigenvalue weighted by Gasteiger charge is -2.52. The molecule has 2 nitrogen and oxygen atoms in total. The zero-order valence-corrected chi connectivity index (χ0v) is 11.8. The minimum Gasteiger partial charge on any atom is -0.381 e. The highest BCUT2D eigenvalue weighted by Gasteiger charge is 2.48. The molecule has 3 unspecified atom stereocenters. The van der Waals surface area contributed by atoms with E-state index in [2.05, 4.69) is 19.2 Å². The molecule has 1 aromatic rings. The zero-order valence-electron chi connectivity index (χ0n) is 11.8. The van der Waals surface area contributed by atoms with Gasteiger partial charge in [0, 0.05) is 30.2 Å². The smallest absolute Gasteiger partial charge is 0.163 e. The number of benzene rings is 1. The minimum atomic E-state index is -0.797. The lowest BCUT2D eigenvalue weighted by Crippen LogP contribution is -2.61. The molecule has 4 heteroatoms. The molecule has 0 amide bonds. The van der Waals surface area contributed by atoms with E-state index < -0.39 is 11.6 Å².